The van der Waals surface area contributed by atoms with Crippen LogP contribution in [0.3, 0.4) is 0 Å². The van der Waals surface area contributed by atoms with E-state index in [1.165, 1.54) is 6.92 Å². The summed E-state index contributed by atoms with van der Waals surface area (Å²) in [7, 11) is 0. The Morgan fingerprint density at radius 1 is 1.13 bits per heavy atom. The number of carboxylic acids is 2. The first-order valence-corrected chi connectivity index (χ1v) is 4.96. The molecule has 0 spiro atoms. The van der Waals surface area contributed by atoms with E-state index < -0.39 is 17.4 Å². The third-order valence-electron chi connectivity index (χ3n) is 3.31. The van der Waals surface area contributed by atoms with E-state index in [0.29, 0.717) is 0 Å². The van der Waals surface area contributed by atoms with Gasteiger partial charge in [-0.1, -0.05) is 19.3 Å². The summed E-state index contributed by atoms with van der Waals surface area (Å²) in [5.74, 6) is -2.64. The second-order valence-corrected chi connectivity index (χ2v) is 4.15. The Bertz CT molecular complexity index is 237. The molecule has 0 atom stereocenters. The normalized spacial score (nSPS) is 17.9. The summed E-state index contributed by atoms with van der Waals surface area (Å²) in [6, 6.07) is 0. The van der Waals surface area contributed by atoms with Crippen LogP contribution >= 0.6 is 0 Å². The van der Waals surface area contributed by atoms with Crippen LogP contribution in [0.5, 0.6) is 0 Å². The smallest absolute Gasteiger partial charge is 1.00 e. The molecule has 0 aromatic carbocycles. The van der Waals surface area contributed by atoms with Crippen LogP contribution in [-0.4, -0.2) is 22.2 Å². The predicted octanol–water partition coefficient (Wildman–Crippen LogP) is -1.14. The van der Waals surface area contributed by atoms with Crippen molar-refractivity contribution in [3.05, 3.63) is 0 Å². The van der Waals surface area contributed by atoms with E-state index >= 15 is 0 Å². The molecule has 0 aliphatic heterocycles. The van der Waals surface area contributed by atoms with E-state index in [-0.39, 0.29) is 26.2 Å². The van der Waals surface area contributed by atoms with Crippen LogP contribution in [0.1, 0.15) is 40.5 Å². The van der Waals surface area contributed by atoms with Crippen molar-refractivity contribution in [2.24, 2.45) is 11.3 Å². The molecular weight excluding hydrogens is 191 g/mol. The first-order valence-electron chi connectivity index (χ1n) is 4.96. The van der Waals surface area contributed by atoms with Gasteiger partial charge >= 0.3 is 30.8 Å². The molecule has 1 fully saturated rings. The molecule has 1 aliphatic rings. The van der Waals surface area contributed by atoms with Crippen LogP contribution in [0.4, 0.5) is 0 Å². The largest absolute Gasteiger partial charge is 1.00 e. The van der Waals surface area contributed by atoms with Gasteiger partial charge in [0.1, 0.15) is 0 Å². The second kappa shape index (κ2) is 5.57. The zero-order valence-electron chi connectivity index (χ0n) is 10.3. The summed E-state index contributed by atoms with van der Waals surface area (Å²) in [6.07, 6.45) is 4.41. The van der Waals surface area contributed by atoms with Crippen molar-refractivity contribution in [3.63, 3.8) is 0 Å². The van der Waals surface area contributed by atoms with Gasteiger partial charge in [0.15, 0.2) is 5.41 Å². The fourth-order valence-electron chi connectivity index (χ4n) is 2.12. The molecule has 82 valence electrons. The van der Waals surface area contributed by atoms with Gasteiger partial charge in [-0.2, -0.15) is 0 Å². The molecule has 1 aliphatic carbocycles. The maximum atomic E-state index is 11.0. The van der Waals surface area contributed by atoms with E-state index in [1.807, 2.05) is 0 Å². The van der Waals surface area contributed by atoms with Gasteiger partial charge in [0.2, 0.25) is 0 Å². The van der Waals surface area contributed by atoms with Crippen molar-refractivity contribution in [3.8, 4) is 0 Å². The van der Waals surface area contributed by atoms with Gasteiger partial charge < -0.3 is 11.6 Å². The monoisotopic (exact) mass is 208 g/mol. The molecule has 0 heterocycles. The van der Waals surface area contributed by atoms with Gasteiger partial charge in [-0.25, -0.2) is 0 Å². The van der Waals surface area contributed by atoms with Gasteiger partial charge in [-0.15, -0.1) is 0 Å². The average molecular weight is 208 g/mol. The summed E-state index contributed by atoms with van der Waals surface area (Å²) >= 11 is 0. The molecule has 0 aromatic heterocycles. The Kier molecular flexibility index (Phi) is 5.40. The number of hydrogen-bond acceptors (Lipinski definition) is 2. The van der Waals surface area contributed by atoms with Crippen LogP contribution in [-0.2, 0) is 9.59 Å². The van der Waals surface area contributed by atoms with Crippen molar-refractivity contribution in [1.29, 1.82) is 0 Å². The van der Waals surface area contributed by atoms with Gasteiger partial charge in [0, 0.05) is 0 Å². The van der Waals surface area contributed by atoms with Crippen molar-refractivity contribution in [2.75, 3.05) is 0 Å². The van der Waals surface area contributed by atoms with Gasteiger partial charge in [0.05, 0.1) is 0 Å². The fraction of sp³-hybridized carbons (Fsp3) is 0.800. The van der Waals surface area contributed by atoms with E-state index in [4.69, 9.17) is 10.2 Å². The Morgan fingerprint density at radius 3 is 1.87 bits per heavy atom. The Hall–Kier alpha value is -0.463. The number of aliphatic carboxylic acids is 2. The van der Waals surface area contributed by atoms with E-state index in [1.54, 1.807) is 0 Å². The van der Waals surface area contributed by atoms with E-state index in [0.717, 1.165) is 32.1 Å². The minimum Gasteiger partial charge on any atom is -1.00 e. The average Bonchev–Trinajstić information content (AvgIpc) is 2.17. The van der Waals surface area contributed by atoms with Crippen molar-refractivity contribution in [2.45, 2.75) is 39.0 Å². The van der Waals surface area contributed by atoms with Gasteiger partial charge in [-0.05, 0) is 25.7 Å². The molecule has 1 saturated carbocycles. The van der Waals surface area contributed by atoms with Crippen molar-refractivity contribution >= 4 is 11.9 Å². The van der Waals surface area contributed by atoms with Gasteiger partial charge in [-0.3, -0.25) is 9.59 Å². The third kappa shape index (κ3) is 2.76. The van der Waals surface area contributed by atoms with E-state index in [9.17, 15) is 9.59 Å². The topological polar surface area (TPSA) is 74.6 Å². The Labute approximate surface area is 103 Å². The molecule has 0 saturated heterocycles. The number of carboxylic acid groups (broad SMARTS) is 2. The minimum absolute atomic E-state index is 0. The fourth-order valence-corrected chi connectivity index (χ4v) is 2.12. The maximum Gasteiger partial charge on any atom is 1.00 e. The summed E-state index contributed by atoms with van der Waals surface area (Å²) in [6.45, 7) is 1.33. The Morgan fingerprint density at radius 2 is 1.53 bits per heavy atom. The number of carbonyl (C=O) groups is 2. The summed E-state index contributed by atoms with van der Waals surface area (Å²) in [5.41, 5.74) is -1.60. The standard InChI is InChI=1S/C10H16O4.Li.H/c1-10(8(11)12,9(13)14)7-5-3-2-4-6-7;;/h7H,2-6H2,1H3,(H,11,12)(H,13,14);;/q;+1;-1. The third-order valence-corrected chi connectivity index (χ3v) is 3.31. The number of hydrogen-bond donors (Lipinski definition) is 2. The minimum atomic E-state index is -1.60. The SMILES string of the molecule is CC(C(=O)O)(C(=O)O)C1CCCCC1.[H-].[Li+]. The first kappa shape index (κ1) is 14.5. The predicted molar refractivity (Wildman–Crippen MR) is 51.1 cm³/mol. The molecule has 15 heavy (non-hydrogen) atoms. The van der Waals surface area contributed by atoms with Crippen LogP contribution in [0, 0.1) is 11.3 Å². The molecule has 1 rings (SSSR count). The molecular formula is C10H17LiO4. The molecule has 5 heteroatoms. The molecule has 0 amide bonds. The molecule has 0 bridgehead atoms. The van der Waals surface area contributed by atoms with Crippen molar-refractivity contribution in [1.82, 2.24) is 0 Å². The molecule has 0 radical (unpaired) electrons. The van der Waals surface area contributed by atoms with Crippen LogP contribution in [0.2, 0.25) is 0 Å². The second-order valence-electron chi connectivity index (χ2n) is 4.15. The molecule has 2 N–H and O–H groups in total. The van der Waals surface area contributed by atoms with E-state index in [2.05, 4.69) is 0 Å². The van der Waals surface area contributed by atoms with Crippen LogP contribution in [0.15, 0.2) is 0 Å². The quantitative estimate of drug-likeness (QED) is 0.454. The molecule has 4 nitrogen and oxygen atoms in total. The van der Waals surface area contributed by atoms with Gasteiger partial charge in [0.25, 0.3) is 0 Å². The zero-order valence-corrected chi connectivity index (χ0v) is 9.32. The van der Waals surface area contributed by atoms with Crippen molar-refractivity contribution < 1.29 is 40.1 Å². The summed E-state index contributed by atoms with van der Waals surface area (Å²) in [5, 5.41) is 17.9. The summed E-state index contributed by atoms with van der Waals surface area (Å²) < 4.78 is 0. The van der Waals surface area contributed by atoms with Crippen LogP contribution in [0.25, 0.3) is 0 Å². The molecule has 0 unspecified atom stereocenters. The zero-order chi connectivity index (χ0) is 10.8. The van der Waals surface area contributed by atoms with Crippen LogP contribution < -0.4 is 18.9 Å². The molecule has 0 aromatic rings. The Balaban J connectivity index is 0. The number of rotatable bonds is 3. The maximum absolute atomic E-state index is 11.0. The first-order chi connectivity index (χ1) is 6.49. The summed E-state index contributed by atoms with van der Waals surface area (Å²) in [4.78, 5) is 22.0.